The second-order valence-corrected chi connectivity index (χ2v) is 6.34. The first-order valence-electron chi connectivity index (χ1n) is 8.56. The van der Waals surface area contributed by atoms with Crippen LogP contribution < -0.4 is 16.6 Å². The number of halogens is 2. The lowest BCUT2D eigenvalue weighted by atomic mass is 10.1. The Labute approximate surface area is 163 Å². The zero-order valence-electron chi connectivity index (χ0n) is 14.7. The largest absolute Gasteiger partial charge is 0.439 e. The Morgan fingerprint density at radius 3 is 2.79 bits per heavy atom. The monoisotopic (exact) mass is 408 g/mol. The Hall–Kier alpha value is -2.75. The summed E-state index contributed by atoms with van der Waals surface area (Å²) < 4.78 is 23.1. The van der Waals surface area contributed by atoms with Gasteiger partial charge in [0.05, 0.1) is 23.3 Å². The number of hydrogen-bond acceptors (Lipinski definition) is 6. The number of rotatable bonds is 2. The minimum atomic E-state index is -0.682. The van der Waals surface area contributed by atoms with Gasteiger partial charge < -0.3 is 15.0 Å². The number of hydrogen-bond donors (Lipinski definition) is 3. The van der Waals surface area contributed by atoms with E-state index >= 15 is 0 Å². The van der Waals surface area contributed by atoms with E-state index in [9.17, 15) is 14.0 Å². The molecule has 1 saturated heterocycles. The van der Waals surface area contributed by atoms with Gasteiger partial charge in [0.2, 0.25) is 0 Å². The Morgan fingerprint density at radius 2 is 2.07 bits per heavy atom. The minimum Gasteiger partial charge on any atom is -0.372 e. The van der Waals surface area contributed by atoms with E-state index in [0.717, 1.165) is 25.1 Å². The van der Waals surface area contributed by atoms with Crippen molar-refractivity contribution in [3.8, 4) is 11.4 Å². The zero-order chi connectivity index (χ0) is 19.9. The molecule has 2 aromatic heterocycles. The standard InChI is InChI=1S/C11H13ClFNO.C7H5N3O3/c12-9-2-1-8(7-10(9)13)11-3-4-14-5-6-15-11;11-6-4(2-1-3-8-6)5-9-7(12)13-10-5/h1-2,7,11,14H,3-6H2;1-3H,(H,8,11)(H,9,10,12). The fraction of sp³-hybridized carbons (Fsp3) is 0.278. The van der Waals surface area contributed by atoms with Gasteiger partial charge in [0.25, 0.3) is 5.56 Å². The minimum absolute atomic E-state index is 0.0215. The van der Waals surface area contributed by atoms with Crippen LogP contribution in [0.2, 0.25) is 5.02 Å². The molecule has 0 amide bonds. The van der Waals surface area contributed by atoms with Gasteiger partial charge in [-0.3, -0.25) is 14.3 Å². The highest BCUT2D eigenvalue weighted by Crippen LogP contribution is 2.25. The molecule has 28 heavy (non-hydrogen) atoms. The molecule has 10 heteroatoms. The molecule has 0 aliphatic carbocycles. The average molecular weight is 409 g/mol. The van der Waals surface area contributed by atoms with Gasteiger partial charge in [0, 0.05) is 12.7 Å². The number of ether oxygens (including phenoxy) is 1. The van der Waals surface area contributed by atoms with Crippen molar-refractivity contribution < 1.29 is 13.7 Å². The summed E-state index contributed by atoms with van der Waals surface area (Å²) in [5, 5.41) is 6.77. The van der Waals surface area contributed by atoms with Crippen LogP contribution >= 0.6 is 11.6 Å². The number of pyridine rings is 1. The summed E-state index contributed by atoms with van der Waals surface area (Å²) in [6.45, 7) is 2.41. The van der Waals surface area contributed by atoms with E-state index in [1.54, 1.807) is 12.1 Å². The van der Waals surface area contributed by atoms with Gasteiger partial charge >= 0.3 is 5.76 Å². The summed E-state index contributed by atoms with van der Waals surface area (Å²) in [6, 6.07) is 8.02. The summed E-state index contributed by atoms with van der Waals surface area (Å²) >= 11 is 5.62. The number of benzene rings is 1. The first kappa shape index (κ1) is 20.0. The maximum absolute atomic E-state index is 13.2. The number of aromatic nitrogens is 3. The highest BCUT2D eigenvalue weighted by Gasteiger charge is 2.15. The normalized spacial score (nSPS) is 16.7. The highest BCUT2D eigenvalue weighted by molar-refractivity contribution is 6.30. The zero-order valence-corrected chi connectivity index (χ0v) is 15.5. The molecule has 1 aromatic carbocycles. The molecule has 148 valence electrons. The van der Waals surface area contributed by atoms with Gasteiger partial charge in [-0.15, -0.1) is 0 Å². The third-order valence-electron chi connectivity index (χ3n) is 4.01. The maximum Gasteiger partial charge on any atom is 0.439 e. The van der Waals surface area contributed by atoms with Gasteiger partial charge in [0.15, 0.2) is 5.82 Å². The molecular formula is C18H18ClFN4O4. The van der Waals surface area contributed by atoms with Gasteiger partial charge in [-0.05, 0) is 42.8 Å². The van der Waals surface area contributed by atoms with E-state index in [2.05, 4.69) is 25.0 Å². The van der Waals surface area contributed by atoms with Crippen molar-refractivity contribution in [1.29, 1.82) is 0 Å². The quantitative estimate of drug-likeness (QED) is 0.599. The summed E-state index contributed by atoms with van der Waals surface area (Å²) in [4.78, 5) is 26.5. The summed E-state index contributed by atoms with van der Waals surface area (Å²) in [5.74, 6) is -0.930. The summed E-state index contributed by atoms with van der Waals surface area (Å²) in [6.07, 6.45) is 2.33. The highest BCUT2D eigenvalue weighted by atomic mass is 35.5. The average Bonchev–Trinajstić information content (AvgIpc) is 2.94. The molecule has 0 radical (unpaired) electrons. The van der Waals surface area contributed by atoms with Crippen molar-refractivity contribution >= 4 is 11.6 Å². The first-order valence-corrected chi connectivity index (χ1v) is 8.93. The number of H-pyrrole nitrogens is 2. The van der Waals surface area contributed by atoms with Crippen molar-refractivity contribution in [3.63, 3.8) is 0 Å². The molecule has 1 aliphatic rings. The molecule has 0 spiro atoms. The lowest BCUT2D eigenvalue weighted by Gasteiger charge is -2.15. The van der Waals surface area contributed by atoms with Crippen LogP contribution in [-0.4, -0.2) is 34.8 Å². The van der Waals surface area contributed by atoms with Crippen LogP contribution in [-0.2, 0) is 4.74 Å². The molecule has 8 nitrogen and oxygen atoms in total. The number of aromatic amines is 2. The van der Waals surface area contributed by atoms with Crippen LogP contribution in [0.3, 0.4) is 0 Å². The van der Waals surface area contributed by atoms with Crippen LogP contribution in [0.15, 0.2) is 50.6 Å². The van der Waals surface area contributed by atoms with Crippen molar-refractivity contribution in [2.45, 2.75) is 12.5 Å². The SMILES string of the molecule is Fc1cc(C2CCNCCO2)ccc1Cl.O=c1[nH]c(-c2ccc[nH]c2=O)no1. The van der Waals surface area contributed by atoms with Crippen LogP contribution in [0.25, 0.3) is 11.4 Å². The molecule has 3 aromatic rings. The fourth-order valence-electron chi connectivity index (χ4n) is 2.64. The molecule has 3 heterocycles. The Kier molecular flexibility index (Phi) is 6.75. The predicted molar refractivity (Wildman–Crippen MR) is 101 cm³/mol. The second-order valence-electron chi connectivity index (χ2n) is 5.93. The molecule has 3 N–H and O–H groups in total. The van der Waals surface area contributed by atoms with E-state index < -0.39 is 5.76 Å². The Balaban J connectivity index is 0.000000162. The van der Waals surface area contributed by atoms with E-state index in [4.69, 9.17) is 16.3 Å². The smallest absolute Gasteiger partial charge is 0.372 e. The first-order chi connectivity index (χ1) is 13.5. The van der Waals surface area contributed by atoms with Crippen LogP contribution in [0.4, 0.5) is 4.39 Å². The van der Waals surface area contributed by atoms with Gasteiger partial charge in [-0.1, -0.05) is 22.8 Å². The molecule has 1 unspecified atom stereocenters. The lowest BCUT2D eigenvalue weighted by molar-refractivity contribution is 0.0642. The van der Waals surface area contributed by atoms with E-state index in [-0.39, 0.29) is 33.9 Å². The fourth-order valence-corrected chi connectivity index (χ4v) is 2.76. The lowest BCUT2D eigenvalue weighted by Crippen LogP contribution is -2.16. The third kappa shape index (κ3) is 5.16. The predicted octanol–water partition coefficient (Wildman–Crippen LogP) is 2.25. The summed E-state index contributed by atoms with van der Waals surface area (Å²) in [7, 11) is 0. The Morgan fingerprint density at radius 1 is 1.21 bits per heavy atom. The van der Waals surface area contributed by atoms with Gasteiger partial charge in [0.1, 0.15) is 5.82 Å². The molecule has 0 saturated carbocycles. The molecule has 0 bridgehead atoms. The topological polar surface area (TPSA) is 113 Å². The van der Waals surface area contributed by atoms with Crippen LogP contribution in [0.5, 0.6) is 0 Å². The van der Waals surface area contributed by atoms with Gasteiger partial charge in [-0.2, -0.15) is 0 Å². The van der Waals surface area contributed by atoms with Crippen molar-refractivity contribution in [2.75, 3.05) is 19.7 Å². The summed E-state index contributed by atoms with van der Waals surface area (Å²) in [5.41, 5.74) is 0.806. The molecular weight excluding hydrogens is 391 g/mol. The van der Waals surface area contributed by atoms with E-state index in [1.165, 1.54) is 18.3 Å². The molecule has 4 rings (SSSR count). The third-order valence-corrected chi connectivity index (χ3v) is 4.32. The number of nitrogens with one attached hydrogen (secondary N) is 3. The van der Waals surface area contributed by atoms with E-state index in [0.29, 0.717) is 6.61 Å². The van der Waals surface area contributed by atoms with E-state index in [1.807, 2.05) is 6.07 Å². The van der Waals surface area contributed by atoms with Crippen molar-refractivity contribution in [1.82, 2.24) is 20.4 Å². The second kappa shape index (κ2) is 9.45. The van der Waals surface area contributed by atoms with Crippen molar-refractivity contribution in [3.05, 3.63) is 73.8 Å². The maximum atomic E-state index is 13.2. The van der Waals surface area contributed by atoms with Crippen molar-refractivity contribution in [2.24, 2.45) is 0 Å². The Bertz CT molecular complexity index is 1020. The molecule has 1 atom stereocenters. The van der Waals surface area contributed by atoms with Crippen LogP contribution in [0, 0.1) is 5.82 Å². The molecule has 1 aliphatic heterocycles. The van der Waals surface area contributed by atoms with Crippen LogP contribution in [0.1, 0.15) is 18.1 Å². The number of nitrogens with zero attached hydrogens (tertiary/aromatic N) is 1. The van der Waals surface area contributed by atoms with Gasteiger partial charge in [-0.25, -0.2) is 9.18 Å². The molecule has 1 fully saturated rings.